The van der Waals surface area contributed by atoms with Gasteiger partial charge in [-0.3, -0.25) is 19.4 Å². The molecule has 17 heavy (non-hydrogen) atoms. The lowest BCUT2D eigenvalue weighted by atomic mass is 10.5. The molecule has 0 aliphatic heterocycles. The first kappa shape index (κ1) is 10.8. The molecule has 9 heteroatoms. The summed E-state index contributed by atoms with van der Waals surface area (Å²) < 4.78 is 1.32. The summed E-state index contributed by atoms with van der Waals surface area (Å²) in [5.74, 6) is -0.866. The van der Waals surface area contributed by atoms with Gasteiger partial charge in [0, 0.05) is 6.20 Å². The molecule has 0 saturated heterocycles. The molecule has 0 aromatic carbocycles. The van der Waals surface area contributed by atoms with E-state index in [1.54, 1.807) is 0 Å². The molecule has 0 spiro atoms. The van der Waals surface area contributed by atoms with Gasteiger partial charge in [0.05, 0.1) is 11.9 Å². The molecule has 0 bridgehead atoms. The van der Waals surface area contributed by atoms with Gasteiger partial charge in [-0.15, -0.1) is 0 Å². The lowest BCUT2D eigenvalue weighted by Gasteiger charge is -1.97. The number of aromatic amines is 1. The fraction of sp³-hybridized carbons (Fsp3) is 0.125. The summed E-state index contributed by atoms with van der Waals surface area (Å²) in [7, 11) is 0. The third-order valence-corrected chi connectivity index (χ3v) is 1.84. The summed E-state index contributed by atoms with van der Waals surface area (Å²) in [6.45, 7) is -0.0435. The van der Waals surface area contributed by atoms with Gasteiger partial charge < -0.3 is 11.1 Å². The third kappa shape index (κ3) is 2.65. The Morgan fingerprint density at radius 3 is 3.00 bits per heavy atom. The summed E-state index contributed by atoms with van der Waals surface area (Å²) in [5, 5.41) is 12.3. The number of nitrogens with two attached hydrogens (primary N) is 1. The number of amides is 2. The van der Waals surface area contributed by atoms with Crippen LogP contribution in [-0.4, -0.2) is 36.8 Å². The maximum absolute atomic E-state index is 11.5. The molecule has 2 heterocycles. The van der Waals surface area contributed by atoms with Crippen molar-refractivity contribution in [3.05, 3.63) is 24.5 Å². The van der Waals surface area contributed by atoms with Crippen LogP contribution in [0.3, 0.4) is 0 Å². The van der Waals surface area contributed by atoms with Crippen LogP contribution < -0.4 is 11.1 Å². The van der Waals surface area contributed by atoms with Crippen molar-refractivity contribution in [3.63, 3.8) is 0 Å². The lowest BCUT2D eigenvalue weighted by Crippen LogP contribution is -2.18. The van der Waals surface area contributed by atoms with Gasteiger partial charge in [0.2, 0.25) is 11.7 Å². The van der Waals surface area contributed by atoms with Crippen molar-refractivity contribution in [1.82, 2.24) is 25.0 Å². The highest BCUT2D eigenvalue weighted by atomic mass is 16.2. The van der Waals surface area contributed by atoms with E-state index in [-0.39, 0.29) is 12.4 Å². The van der Waals surface area contributed by atoms with Crippen LogP contribution >= 0.6 is 0 Å². The van der Waals surface area contributed by atoms with E-state index in [0.717, 1.165) is 0 Å². The van der Waals surface area contributed by atoms with E-state index in [9.17, 15) is 9.59 Å². The van der Waals surface area contributed by atoms with E-state index >= 15 is 0 Å². The average Bonchev–Trinajstić information content (AvgIpc) is 2.87. The molecule has 0 aliphatic carbocycles. The van der Waals surface area contributed by atoms with E-state index in [1.165, 1.54) is 23.4 Å². The predicted octanol–water partition coefficient (Wildman–Crippen LogP) is -1.26. The van der Waals surface area contributed by atoms with E-state index in [1.807, 2.05) is 0 Å². The van der Waals surface area contributed by atoms with E-state index in [4.69, 9.17) is 5.73 Å². The van der Waals surface area contributed by atoms with E-state index < -0.39 is 11.8 Å². The lowest BCUT2D eigenvalue weighted by molar-refractivity contribution is -0.118. The van der Waals surface area contributed by atoms with E-state index in [0.29, 0.717) is 5.69 Å². The average molecular weight is 235 g/mol. The Labute approximate surface area is 95.0 Å². The van der Waals surface area contributed by atoms with Crippen LogP contribution in [0.1, 0.15) is 10.6 Å². The SMILES string of the molecule is NC(=O)Cn1cc(NC(=O)c2ncn[nH]2)cn1. The van der Waals surface area contributed by atoms with Gasteiger partial charge in [-0.2, -0.15) is 10.2 Å². The zero-order valence-electron chi connectivity index (χ0n) is 8.62. The fourth-order valence-corrected chi connectivity index (χ4v) is 1.18. The van der Waals surface area contributed by atoms with Gasteiger partial charge in [0.15, 0.2) is 0 Å². The molecule has 0 radical (unpaired) electrons. The zero-order valence-corrected chi connectivity index (χ0v) is 8.62. The monoisotopic (exact) mass is 235 g/mol. The summed E-state index contributed by atoms with van der Waals surface area (Å²) in [6, 6.07) is 0. The summed E-state index contributed by atoms with van der Waals surface area (Å²) in [4.78, 5) is 25.9. The Bertz CT molecular complexity index is 530. The number of H-pyrrole nitrogens is 1. The molecule has 0 unspecified atom stereocenters. The van der Waals surface area contributed by atoms with Gasteiger partial charge in [0.25, 0.3) is 5.91 Å². The first-order valence-corrected chi connectivity index (χ1v) is 4.62. The molecule has 2 aromatic heterocycles. The van der Waals surface area contributed by atoms with Crippen LogP contribution in [0.25, 0.3) is 0 Å². The first-order chi connectivity index (χ1) is 8.15. The van der Waals surface area contributed by atoms with E-state index in [2.05, 4.69) is 25.6 Å². The number of hydrogen-bond donors (Lipinski definition) is 3. The van der Waals surface area contributed by atoms with Gasteiger partial charge in [-0.05, 0) is 0 Å². The van der Waals surface area contributed by atoms with Crippen molar-refractivity contribution < 1.29 is 9.59 Å². The van der Waals surface area contributed by atoms with Crippen molar-refractivity contribution in [2.75, 3.05) is 5.32 Å². The Morgan fingerprint density at radius 2 is 2.35 bits per heavy atom. The minimum absolute atomic E-state index is 0.0435. The molecule has 2 amide bonds. The van der Waals surface area contributed by atoms with Crippen LogP contribution in [0, 0.1) is 0 Å². The molecule has 0 saturated carbocycles. The van der Waals surface area contributed by atoms with Gasteiger partial charge in [0.1, 0.15) is 12.9 Å². The first-order valence-electron chi connectivity index (χ1n) is 4.62. The van der Waals surface area contributed by atoms with Crippen molar-refractivity contribution in [3.8, 4) is 0 Å². The number of nitrogens with one attached hydrogen (secondary N) is 2. The molecular formula is C8H9N7O2. The van der Waals surface area contributed by atoms with Crippen LogP contribution in [-0.2, 0) is 11.3 Å². The number of carbonyl (C=O) groups excluding carboxylic acids is 2. The number of anilines is 1. The minimum atomic E-state index is -0.513. The maximum atomic E-state index is 11.5. The van der Waals surface area contributed by atoms with Crippen LogP contribution in [0.5, 0.6) is 0 Å². The highest BCUT2D eigenvalue weighted by Crippen LogP contribution is 2.05. The molecule has 0 atom stereocenters. The van der Waals surface area contributed by atoms with Crippen molar-refractivity contribution >= 4 is 17.5 Å². The molecule has 0 fully saturated rings. The number of nitrogens with zero attached hydrogens (tertiary/aromatic N) is 4. The Morgan fingerprint density at radius 1 is 1.53 bits per heavy atom. The molecule has 2 aromatic rings. The van der Waals surface area contributed by atoms with Crippen LogP contribution in [0.4, 0.5) is 5.69 Å². The third-order valence-electron chi connectivity index (χ3n) is 1.84. The largest absolute Gasteiger partial charge is 0.368 e. The number of primary amides is 1. The minimum Gasteiger partial charge on any atom is -0.368 e. The second-order valence-corrected chi connectivity index (χ2v) is 3.18. The topological polar surface area (TPSA) is 132 Å². The highest BCUT2D eigenvalue weighted by Gasteiger charge is 2.10. The fourth-order valence-electron chi connectivity index (χ4n) is 1.18. The van der Waals surface area contributed by atoms with Gasteiger partial charge in [-0.25, -0.2) is 4.98 Å². The summed E-state index contributed by atoms with van der Waals surface area (Å²) in [5.41, 5.74) is 5.44. The Kier molecular flexibility index (Phi) is 2.81. The van der Waals surface area contributed by atoms with Crippen molar-refractivity contribution in [1.29, 1.82) is 0 Å². The smallest absolute Gasteiger partial charge is 0.293 e. The van der Waals surface area contributed by atoms with Crippen LogP contribution in [0.15, 0.2) is 18.7 Å². The Balaban J connectivity index is 2.02. The summed E-state index contributed by atoms with van der Waals surface area (Å²) >= 11 is 0. The standard InChI is InChI=1S/C8H9N7O2/c9-6(16)3-15-2-5(1-12-15)13-8(17)7-10-4-11-14-7/h1-2,4H,3H2,(H2,9,16)(H,13,17)(H,10,11,14). The number of rotatable bonds is 4. The highest BCUT2D eigenvalue weighted by molar-refractivity contribution is 6.01. The molecular weight excluding hydrogens is 226 g/mol. The van der Waals surface area contributed by atoms with Crippen LogP contribution in [0.2, 0.25) is 0 Å². The quantitative estimate of drug-likeness (QED) is 0.608. The molecule has 4 N–H and O–H groups in total. The van der Waals surface area contributed by atoms with Crippen molar-refractivity contribution in [2.24, 2.45) is 5.73 Å². The summed E-state index contributed by atoms with van der Waals surface area (Å²) in [6.07, 6.45) is 4.11. The maximum Gasteiger partial charge on any atom is 0.293 e. The molecule has 0 aliphatic rings. The molecule has 88 valence electrons. The Hall–Kier alpha value is -2.71. The number of carbonyl (C=O) groups is 2. The molecule has 2 rings (SSSR count). The van der Waals surface area contributed by atoms with Gasteiger partial charge in [-0.1, -0.05) is 0 Å². The normalized spacial score (nSPS) is 10.1. The van der Waals surface area contributed by atoms with Crippen molar-refractivity contribution in [2.45, 2.75) is 6.54 Å². The zero-order chi connectivity index (χ0) is 12.3. The molecule has 9 nitrogen and oxygen atoms in total. The number of aromatic nitrogens is 5. The predicted molar refractivity (Wildman–Crippen MR) is 55.8 cm³/mol. The second kappa shape index (κ2) is 4.43. The number of hydrogen-bond acceptors (Lipinski definition) is 5. The van der Waals surface area contributed by atoms with Gasteiger partial charge >= 0.3 is 0 Å². The second-order valence-electron chi connectivity index (χ2n) is 3.18.